The van der Waals surface area contributed by atoms with Crippen molar-refractivity contribution >= 4 is 41.6 Å². The predicted molar refractivity (Wildman–Crippen MR) is 114 cm³/mol. The van der Waals surface area contributed by atoms with Crippen LogP contribution in [-0.4, -0.2) is 79.3 Å². The van der Waals surface area contributed by atoms with Gasteiger partial charge in [-0.25, -0.2) is 4.98 Å². The van der Waals surface area contributed by atoms with Gasteiger partial charge in [0.2, 0.25) is 5.95 Å². The van der Waals surface area contributed by atoms with Crippen LogP contribution in [0.3, 0.4) is 0 Å². The number of nitrogen functional groups attached to an aromatic ring is 1. The van der Waals surface area contributed by atoms with Gasteiger partial charge in [0.1, 0.15) is 25.7 Å². The van der Waals surface area contributed by atoms with Gasteiger partial charge >= 0.3 is 24.5 Å². The Kier molecular flexibility index (Phi) is 8.53. The quantitative estimate of drug-likeness (QED) is 0.0659. The molecule has 0 aromatic carbocycles. The number of nitrogens with two attached hydrogens (primary N) is 1. The van der Waals surface area contributed by atoms with Crippen LogP contribution in [0.4, 0.5) is 5.95 Å². The van der Waals surface area contributed by atoms with E-state index in [2.05, 4.69) is 33.6 Å². The highest BCUT2D eigenvalue weighted by Gasteiger charge is 2.69. The number of ether oxygens (including phenoxy) is 2. The Balaban J connectivity index is 1.75. The van der Waals surface area contributed by atoms with Crippen molar-refractivity contribution < 1.29 is 56.9 Å². The molecule has 0 spiro atoms. The van der Waals surface area contributed by atoms with Gasteiger partial charge in [0.05, 0.1) is 21.1 Å². The fourth-order valence-corrected chi connectivity index (χ4v) is 6.16. The molecule has 0 amide bonds. The minimum absolute atomic E-state index is 0.0323. The van der Waals surface area contributed by atoms with E-state index in [1.165, 1.54) is 10.9 Å². The summed E-state index contributed by atoms with van der Waals surface area (Å²) in [6.07, 6.45) is -1.67. The number of hydrogen-bond donors (Lipinski definition) is 9. The molecule has 24 heteroatoms. The molecular weight excluding hydrogens is 545 g/mol. The van der Waals surface area contributed by atoms with Crippen LogP contribution >= 0.6 is 24.5 Å². The third kappa shape index (κ3) is 7.63. The molecule has 1 aliphatic rings. The van der Waals surface area contributed by atoms with E-state index < -0.39 is 61.8 Å². The van der Waals surface area contributed by atoms with E-state index in [1.54, 1.807) is 0 Å². The number of aromatic nitrogens is 4. The molecule has 2 aromatic heterocycles. The highest BCUT2D eigenvalue weighted by molar-refractivity contribution is 7.73. The predicted octanol–water partition coefficient (Wildman–Crippen LogP) is -1.33. The number of fused-ring (bicyclic) bond motifs is 1. The van der Waals surface area contributed by atoms with E-state index in [4.69, 9.17) is 39.9 Å². The van der Waals surface area contributed by atoms with Crippen LogP contribution in [0.2, 0.25) is 0 Å². The fraction of sp³-hybridized carbons (Fsp3) is 0.545. The Morgan fingerprint density at radius 2 is 1.97 bits per heavy atom. The highest BCUT2D eigenvalue weighted by Crippen LogP contribution is 2.75. The van der Waals surface area contributed by atoms with Crippen LogP contribution in [0.5, 0.6) is 0 Å². The molecule has 194 valence electrons. The molecular formula is C11H20N8O13P3+3. The van der Waals surface area contributed by atoms with Crippen molar-refractivity contribution in [1.29, 1.82) is 0 Å². The Labute approximate surface area is 194 Å². The summed E-state index contributed by atoms with van der Waals surface area (Å²) in [5, 5.41) is 3.23. The molecule has 1 fully saturated rings. The van der Waals surface area contributed by atoms with E-state index >= 15 is 0 Å². The maximum atomic E-state index is 12.0. The lowest BCUT2D eigenvalue weighted by molar-refractivity contribution is -0.0607. The number of imidazole rings is 1. The molecule has 0 saturated carbocycles. The van der Waals surface area contributed by atoms with Crippen LogP contribution in [0.1, 0.15) is 12.6 Å². The Morgan fingerprint density at radius 3 is 2.63 bits per heavy atom. The average Bonchev–Trinajstić information content (AvgIpc) is 3.28. The van der Waals surface area contributed by atoms with E-state index in [0.29, 0.717) is 0 Å². The summed E-state index contributed by atoms with van der Waals surface area (Å²) in [6.45, 7) is -1.16. The maximum Gasteiger partial charge on any atom is 0.667 e. The summed E-state index contributed by atoms with van der Waals surface area (Å²) >= 11 is 0. The second-order valence-corrected chi connectivity index (χ2v) is 11.2. The number of rotatable bonds is 11. The number of nitrogens with zero attached hydrogens (tertiary/aromatic N) is 6. The number of H-pyrrole nitrogens is 1. The molecule has 1 aliphatic heterocycles. The summed E-state index contributed by atoms with van der Waals surface area (Å²) in [7, 11) is -15.7. The van der Waals surface area contributed by atoms with Crippen LogP contribution in [0, 0.1) is 0 Å². The van der Waals surface area contributed by atoms with Crippen molar-refractivity contribution in [3.8, 4) is 0 Å². The van der Waals surface area contributed by atoms with Crippen molar-refractivity contribution in [1.82, 2.24) is 19.5 Å². The van der Waals surface area contributed by atoms with Crippen LogP contribution in [0.25, 0.3) is 21.6 Å². The Morgan fingerprint density at radius 1 is 1.26 bits per heavy atom. The minimum Gasteiger partial charge on any atom is -0.369 e. The third-order valence-electron chi connectivity index (χ3n) is 4.19. The number of azide groups is 1. The van der Waals surface area contributed by atoms with Crippen LogP contribution < -0.4 is 11.3 Å². The number of hydrogen-bond acceptors (Lipinski definition) is 17. The molecule has 2 aromatic rings. The van der Waals surface area contributed by atoms with Gasteiger partial charge in [-0.3, -0.25) is 14.3 Å². The molecule has 3 heterocycles. The fourth-order valence-electron chi connectivity index (χ4n) is 3.00. The van der Waals surface area contributed by atoms with E-state index in [1.807, 2.05) is 0 Å². The van der Waals surface area contributed by atoms with E-state index in [-0.39, 0.29) is 23.5 Å². The van der Waals surface area contributed by atoms with Crippen molar-refractivity contribution in [2.75, 3.05) is 19.1 Å². The molecule has 0 radical (unpaired) electrons. The van der Waals surface area contributed by atoms with Gasteiger partial charge in [-0.1, -0.05) is 5.11 Å². The number of aromatic amines is 1. The topological polar surface area (TPSA) is 326 Å². The summed E-state index contributed by atoms with van der Waals surface area (Å²) in [5.41, 5.74) is 13.4. The zero-order chi connectivity index (χ0) is 26.0. The van der Waals surface area contributed by atoms with Gasteiger partial charge < -0.3 is 15.2 Å². The number of anilines is 1. The molecule has 3 rings (SSSR count). The number of nitrogens with one attached hydrogen (secondary N) is 1. The van der Waals surface area contributed by atoms with Crippen molar-refractivity contribution in [3.05, 3.63) is 27.1 Å². The molecule has 10 N–H and O–H groups in total. The average molecular weight is 565 g/mol. The Hall–Kier alpha value is -1.73. The highest BCUT2D eigenvalue weighted by atomic mass is 31.3. The lowest BCUT2D eigenvalue weighted by atomic mass is 10.2. The first kappa shape index (κ1) is 27.9. The standard InChI is InChI=1S/C11H19N8O13P3/c12-11-16-9-8(10(20)17-11)14-3-19(9)7-1-5(28-4-15-18-13)6(30-7)2-29-34(24,25)32-35(26,27)31-33(21,22)23/h3,5-7,21-27H,1-2,4H2,(H2-,12,16,17,20)/q+2/p+1/t5?,6-,7-/m1/s1. The second kappa shape index (κ2) is 10.7. The first-order valence-corrected chi connectivity index (χ1v) is 13.7. The van der Waals surface area contributed by atoms with Gasteiger partial charge in [0.15, 0.2) is 11.2 Å². The third-order valence-corrected chi connectivity index (χ3v) is 8.10. The monoisotopic (exact) mass is 565 g/mol. The van der Waals surface area contributed by atoms with E-state index in [9.17, 15) is 24.4 Å². The molecule has 1 saturated heterocycles. The van der Waals surface area contributed by atoms with E-state index in [0.717, 1.165) is 0 Å². The SMILES string of the molecule is [N-]=[N+]=NCOC1C[C@H](n2cnc3c(=O)[nH]c(N)nc32)O[C@@H]1CO[P+](O)(O)O[P+](O)(O)O[P+](O)(O)O. The lowest BCUT2D eigenvalue weighted by Crippen LogP contribution is -2.29. The minimum atomic E-state index is -5.34. The smallest absolute Gasteiger partial charge is 0.369 e. The summed E-state index contributed by atoms with van der Waals surface area (Å²) < 4.78 is 25.1. The van der Waals surface area contributed by atoms with Crippen molar-refractivity contribution in [3.63, 3.8) is 0 Å². The van der Waals surface area contributed by atoms with Gasteiger partial charge in [0, 0.05) is 11.3 Å². The zero-order valence-electron chi connectivity index (χ0n) is 17.1. The normalized spacial score (nSPS) is 21.4. The molecule has 0 aliphatic carbocycles. The molecule has 1 unspecified atom stereocenters. The van der Waals surface area contributed by atoms with Crippen LogP contribution in [-0.2, 0) is 22.6 Å². The van der Waals surface area contributed by atoms with Gasteiger partial charge in [0.25, 0.3) is 5.56 Å². The zero-order valence-corrected chi connectivity index (χ0v) is 19.8. The molecule has 3 atom stereocenters. The summed E-state index contributed by atoms with van der Waals surface area (Å²) in [5.74, 6) is -0.187. The summed E-state index contributed by atoms with van der Waals surface area (Å²) in [4.78, 5) is 89.5. The lowest BCUT2D eigenvalue weighted by Gasteiger charge is -2.17. The van der Waals surface area contributed by atoms with Crippen LogP contribution in [0.15, 0.2) is 16.2 Å². The van der Waals surface area contributed by atoms with Crippen molar-refractivity contribution in [2.45, 2.75) is 24.9 Å². The van der Waals surface area contributed by atoms with Crippen molar-refractivity contribution in [2.24, 2.45) is 5.11 Å². The first-order valence-electron chi connectivity index (χ1n) is 9.03. The van der Waals surface area contributed by atoms with Gasteiger partial charge in [-0.05, 0) is 5.53 Å². The van der Waals surface area contributed by atoms with Gasteiger partial charge in [-0.2, -0.15) is 39.2 Å². The molecule has 35 heavy (non-hydrogen) atoms. The molecule has 0 bridgehead atoms. The maximum absolute atomic E-state index is 12.0. The largest absolute Gasteiger partial charge is 0.667 e. The van der Waals surface area contributed by atoms with Gasteiger partial charge in [-0.15, -0.1) is 4.52 Å². The Bertz CT molecular complexity index is 1150. The second-order valence-electron chi connectivity index (χ2n) is 6.66. The molecule has 21 nitrogen and oxygen atoms in total. The first-order chi connectivity index (χ1) is 16.2. The summed E-state index contributed by atoms with van der Waals surface area (Å²) in [6, 6.07) is 0.